The van der Waals surface area contributed by atoms with E-state index in [9.17, 15) is 23.3 Å². The van der Waals surface area contributed by atoms with Crippen LogP contribution in [0.4, 0.5) is 5.69 Å². The van der Waals surface area contributed by atoms with E-state index in [1.54, 1.807) is 33.0 Å². The van der Waals surface area contributed by atoms with Crippen molar-refractivity contribution in [2.45, 2.75) is 24.8 Å². The topological polar surface area (TPSA) is 110 Å². The van der Waals surface area contributed by atoms with E-state index in [0.29, 0.717) is 11.1 Å². The normalized spacial score (nSPS) is 12.4. The molecule has 1 N–H and O–H groups in total. The predicted octanol–water partition coefficient (Wildman–Crippen LogP) is 2.73. The smallest absolute Gasteiger partial charge is 0.269 e. The molecule has 0 unspecified atom stereocenters. The number of nitrogens with zero attached hydrogens (tertiary/aromatic N) is 2. The fraction of sp³-hybridized carbons (Fsp3) is 0.278. The van der Waals surface area contributed by atoms with Crippen LogP contribution in [0.3, 0.4) is 0 Å². The van der Waals surface area contributed by atoms with Gasteiger partial charge in [0.1, 0.15) is 0 Å². The lowest BCUT2D eigenvalue weighted by molar-refractivity contribution is -0.384. The number of carbonyl (C=O) groups excluding carboxylic acids is 1. The van der Waals surface area contributed by atoms with Crippen LogP contribution in [0.15, 0.2) is 53.4 Å². The molecule has 0 spiro atoms. The summed E-state index contributed by atoms with van der Waals surface area (Å²) in [6.07, 6.45) is 0. The average Bonchev–Trinajstić information content (AvgIpc) is 2.66. The Bertz CT molecular complexity index is 942. The number of benzene rings is 2. The number of nitrogens with one attached hydrogen (secondary N) is 1. The fourth-order valence-electron chi connectivity index (χ4n) is 2.55. The van der Waals surface area contributed by atoms with Gasteiger partial charge in [0.05, 0.1) is 15.9 Å². The summed E-state index contributed by atoms with van der Waals surface area (Å²) < 4.78 is 26.3. The van der Waals surface area contributed by atoms with Crippen molar-refractivity contribution >= 4 is 21.6 Å². The molecule has 0 aliphatic heterocycles. The summed E-state index contributed by atoms with van der Waals surface area (Å²) in [6, 6.07) is 11.3. The van der Waals surface area contributed by atoms with Gasteiger partial charge in [-0.2, -0.15) is 0 Å². The van der Waals surface area contributed by atoms with E-state index >= 15 is 0 Å². The van der Waals surface area contributed by atoms with E-state index in [1.807, 2.05) is 0 Å². The zero-order valence-electron chi connectivity index (χ0n) is 15.2. The van der Waals surface area contributed by atoms with Crippen LogP contribution in [0, 0.1) is 10.1 Å². The monoisotopic (exact) mass is 391 g/mol. The van der Waals surface area contributed by atoms with E-state index in [1.165, 1.54) is 41.3 Å². The van der Waals surface area contributed by atoms with Gasteiger partial charge in [-0.15, -0.1) is 0 Å². The Morgan fingerprint density at radius 3 is 2.41 bits per heavy atom. The number of non-ortho nitro benzene ring substituents is 1. The molecule has 0 saturated heterocycles. The number of hydrogen-bond acceptors (Lipinski definition) is 5. The lowest BCUT2D eigenvalue weighted by atomic mass is 10.1. The van der Waals surface area contributed by atoms with Crippen molar-refractivity contribution < 1.29 is 18.1 Å². The van der Waals surface area contributed by atoms with Crippen molar-refractivity contribution in [3.8, 4) is 0 Å². The van der Waals surface area contributed by atoms with Crippen molar-refractivity contribution in [1.29, 1.82) is 0 Å². The molecular weight excluding hydrogens is 370 g/mol. The second-order valence-corrected chi connectivity index (χ2v) is 7.74. The molecule has 2 aromatic carbocycles. The van der Waals surface area contributed by atoms with Crippen molar-refractivity contribution in [2.75, 3.05) is 13.6 Å². The molecule has 27 heavy (non-hydrogen) atoms. The summed E-state index contributed by atoms with van der Waals surface area (Å²) in [6.45, 7) is 3.72. The van der Waals surface area contributed by atoms with Gasteiger partial charge in [-0.1, -0.05) is 19.1 Å². The highest BCUT2D eigenvalue weighted by Gasteiger charge is 2.21. The lowest BCUT2D eigenvalue weighted by Gasteiger charge is -2.25. The molecule has 144 valence electrons. The summed E-state index contributed by atoms with van der Waals surface area (Å²) in [4.78, 5) is 24.7. The molecule has 9 heteroatoms. The van der Waals surface area contributed by atoms with Crippen LogP contribution in [0.1, 0.15) is 35.8 Å². The predicted molar refractivity (Wildman–Crippen MR) is 101 cm³/mol. The van der Waals surface area contributed by atoms with Crippen LogP contribution in [0.5, 0.6) is 0 Å². The number of nitro groups is 1. The van der Waals surface area contributed by atoms with Crippen LogP contribution in [0.25, 0.3) is 0 Å². The van der Waals surface area contributed by atoms with Crippen LogP contribution < -0.4 is 4.72 Å². The van der Waals surface area contributed by atoms with Crippen LogP contribution in [-0.4, -0.2) is 37.7 Å². The fourth-order valence-corrected chi connectivity index (χ4v) is 3.59. The number of amides is 1. The first-order valence-corrected chi connectivity index (χ1v) is 9.77. The maximum atomic E-state index is 12.7. The van der Waals surface area contributed by atoms with E-state index in [0.717, 1.165) is 0 Å². The molecule has 1 amide bonds. The Morgan fingerprint density at radius 1 is 1.22 bits per heavy atom. The molecule has 0 bridgehead atoms. The molecule has 2 aromatic rings. The lowest BCUT2D eigenvalue weighted by Crippen LogP contribution is -2.29. The van der Waals surface area contributed by atoms with Crippen molar-refractivity contribution in [2.24, 2.45) is 0 Å². The molecule has 0 saturated carbocycles. The Morgan fingerprint density at radius 2 is 1.85 bits per heavy atom. The molecule has 0 aliphatic rings. The number of hydrogen-bond donors (Lipinski definition) is 1. The van der Waals surface area contributed by atoms with Gasteiger partial charge in [-0.3, -0.25) is 14.9 Å². The summed E-state index contributed by atoms with van der Waals surface area (Å²) in [7, 11) is -1.99. The molecule has 0 aliphatic carbocycles. The molecule has 8 nitrogen and oxygen atoms in total. The van der Waals surface area contributed by atoms with Gasteiger partial charge >= 0.3 is 0 Å². The molecule has 0 aromatic heterocycles. The van der Waals surface area contributed by atoms with Gasteiger partial charge in [0.25, 0.3) is 11.6 Å². The van der Waals surface area contributed by atoms with Crippen molar-refractivity contribution in [3.63, 3.8) is 0 Å². The van der Waals surface area contributed by atoms with E-state index in [4.69, 9.17) is 0 Å². The molecule has 1 atom stereocenters. The van der Waals surface area contributed by atoms with Gasteiger partial charge in [0.15, 0.2) is 0 Å². The van der Waals surface area contributed by atoms with E-state index in [-0.39, 0.29) is 23.0 Å². The third kappa shape index (κ3) is 4.69. The number of carbonyl (C=O) groups is 1. The first-order valence-electron chi connectivity index (χ1n) is 8.28. The van der Waals surface area contributed by atoms with Crippen LogP contribution in [-0.2, 0) is 10.0 Å². The molecule has 2 rings (SSSR count). The maximum Gasteiger partial charge on any atom is 0.269 e. The number of nitro benzene ring substituents is 1. The van der Waals surface area contributed by atoms with Crippen LogP contribution >= 0.6 is 0 Å². The minimum Gasteiger partial charge on any atom is -0.335 e. The zero-order chi connectivity index (χ0) is 20.2. The Balaban J connectivity index is 2.21. The number of sulfonamides is 1. The summed E-state index contributed by atoms with van der Waals surface area (Å²) in [5.74, 6) is -0.318. The first-order chi connectivity index (χ1) is 12.7. The van der Waals surface area contributed by atoms with Crippen molar-refractivity contribution in [3.05, 3.63) is 69.8 Å². The Labute approximate surface area is 158 Å². The second kappa shape index (κ2) is 8.28. The number of rotatable bonds is 7. The molecule has 0 radical (unpaired) electrons. The molecular formula is C18H21N3O5S. The van der Waals surface area contributed by atoms with Crippen molar-refractivity contribution in [1.82, 2.24) is 9.62 Å². The third-order valence-corrected chi connectivity index (χ3v) is 5.77. The van der Waals surface area contributed by atoms with E-state index in [2.05, 4.69) is 4.72 Å². The quantitative estimate of drug-likeness (QED) is 0.576. The van der Waals surface area contributed by atoms with Gasteiger partial charge in [0.2, 0.25) is 10.0 Å². The Kier molecular flexibility index (Phi) is 6.29. The minimum atomic E-state index is -3.58. The highest BCUT2D eigenvalue weighted by atomic mass is 32.2. The SMILES string of the molecule is CCNS(=O)(=O)c1ccc(C(=O)N(C)[C@@H](C)c2cccc([N+](=O)[O-])c2)cc1. The van der Waals surface area contributed by atoms with Gasteiger partial charge in [0, 0.05) is 31.3 Å². The van der Waals surface area contributed by atoms with Gasteiger partial charge in [-0.05, 0) is 36.8 Å². The minimum absolute atomic E-state index is 0.0433. The highest BCUT2D eigenvalue weighted by Crippen LogP contribution is 2.24. The first kappa shape index (κ1) is 20.5. The third-order valence-electron chi connectivity index (χ3n) is 4.21. The summed E-state index contributed by atoms with van der Waals surface area (Å²) >= 11 is 0. The molecule has 0 heterocycles. The Hall–Kier alpha value is -2.78. The van der Waals surface area contributed by atoms with Crippen LogP contribution in [0.2, 0.25) is 0 Å². The van der Waals surface area contributed by atoms with Gasteiger partial charge < -0.3 is 4.90 Å². The average molecular weight is 391 g/mol. The standard InChI is InChI=1S/C18H21N3O5S/c1-4-19-27(25,26)17-10-8-14(9-11-17)18(22)20(3)13(2)15-6-5-7-16(12-15)21(23)24/h5-13,19H,4H2,1-3H3/t13-/m0/s1. The maximum absolute atomic E-state index is 12.7. The summed E-state index contributed by atoms with van der Waals surface area (Å²) in [5, 5.41) is 10.9. The summed E-state index contributed by atoms with van der Waals surface area (Å²) in [5.41, 5.74) is 0.912. The zero-order valence-corrected chi connectivity index (χ0v) is 16.1. The van der Waals surface area contributed by atoms with E-state index < -0.39 is 21.0 Å². The van der Waals surface area contributed by atoms with Gasteiger partial charge in [-0.25, -0.2) is 13.1 Å². The highest BCUT2D eigenvalue weighted by molar-refractivity contribution is 7.89. The largest absolute Gasteiger partial charge is 0.335 e. The second-order valence-electron chi connectivity index (χ2n) is 5.97. The molecule has 0 fully saturated rings.